The van der Waals surface area contributed by atoms with Crippen molar-refractivity contribution >= 4 is 0 Å². The fourth-order valence-electron chi connectivity index (χ4n) is 0.632. The third-order valence-corrected chi connectivity index (χ3v) is 0.632. The Kier molecular flexibility index (Phi) is 11.8. The Hall–Kier alpha value is 0.643. The van der Waals surface area contributed by atoms with Gasteiger partial charge in [0, 0.05) is 0 Å². The van der Waals surface area contributed by atoms with Crippen LogP contribution in [0.3, 0.4) is 0 Å². The van der Waals surface area contributed by atoms with Crippen molar-refractivity contribution in [1.29, 1.82) is 0 Å². The van der Waals surface area contributed by atoms with Crippen molar-refractivity contribution in [1.82, 2.24) is 4.90 Å². The first kappa shape index (κ1) is 12.3. The summed E-state index contributed by atoms with van der Waals surface area (Å²) in [6, 6.07) is 0. The Labute approximate surface area is 72.9 Å². The minimum absolute atomic E-state index is 0.300. The zero-order valence-electron chi connectivity index (χ0n) is 6.56. The molecule has 0 atom stereocenters. The van der Waals surface area contributed by atoms with E-state index in [0.717, 1.165) is 6.54 Å². The zero-order chi connectivity index (χ0) is 7.86. The fraction of sp³-hybridized carbons (Fsp3) is 0.833. The summed E-state index contributed by atoms with van der Waals surface area (Å²) in [5.74, 6) is 1.46. The zero-order valence-corrected chi connectivity index (χ0v) is 9.02. The number of nitrogens with zero attached hydrogens (tertiary/aromatic N) is 1. The van der Waals surface area contributed by atoms with Crippen LogP contribution in [0.15, 0.2) is 0 Å². The van der Waals surface area contributed by atoms with Gasteiger partial charge in [0.1, 0.15) is 0 Å². The van der Waals surface area contributed by atoms with Gasteiger partial charge >= 0.3 is 27.5 Å². The van der Waals surface area contributed by atoms with Crippen LogP contribution in [0.1, 0.15) is 13.8 Å². The second-order valence-electron chi connectivity index (χ2n) is 2.44. The van der Waals surface area contributed by atoms with E-state index in [2.05, 4.69) is 32.8 Å². The summed E-state index contributed by atoms with van der Waals surface area (Å²) in [6.07, 6.45) is 0. The van der Waals surface area contributed by atoms with Gasteiger partial charge in [0.2, 0.25) is 0 Å². The summed E-state index contributed by atoms with van der Waals surface area (Å²) < 4.78 is 8.34. The van der Waals surface area contributed by atoms with Crippen molar-refractivity contribution in [2.75, 3.05) is 20.6 Å². The molecular weight excluding hydrogens is 193 g/mol. The number of hydrogen-bond acceptors (Lipinski definition) is 2. The molecule has 0 saturated carbocycles. The molecule has 0 radical (unpaired) electrons. The second-order valence-corrected chi connectivity index (χ2v) is 2.44. The fourth-order valence-corrected chi connectivity index (χ4v) is 0.632. The van der Waals surface area contributed by atoms with E-state index in [1.165, 1.54) is 5.92 Å². The predicted molar refractivity (Wildman–Crippen MR) is 33.8 cm³/mol. The number of hydrogen-bond donors (Lipinski definition) is 0. The standard InChI is InChI=1S/C6H14N.O.Zr/c1-6(2)5-7(3)4;;/h5H2,1-4H3;;/q-1;;. The molecule has 0 N–H and O–H groups in total. The third-order valence-electron chi connectivity index (χ3n) is 0.632. The normalized spacial score (nSPS) is 9.00. The molecule has 0 aliphatic rings. The van der Waals surface area contributed by atoms with Gasteiger partial charge in [-0.25, -0.2) is 0 Å². The van der Waals surface area contributed by atoms with E-state index >= 15 is 0 Å². The molecule has 3 heteroatoms. The van der Waals surface area contributed by atoms with E-state index < -0.39 is 0 Å². The van der Waals surface area contributed by atoms with Crippen LogP contribution in [0.2, 0.25) is 0 Å². The predicted octanol–water partition coefficient (Wildman–Crippen LogP) is 1.04. The average molecular weight is 207 g/mol. The summed E-state index contributed by atoms with van der Waals surface area (Å²) >= 11 is 0.300. The van der Waals surface area contributed by atoms with Crippen LogP contribution in [0.25, 0.3) is 0 Å². The first-order valence-electron chi connectivity index (χ1n) is 2.77. The molecule has 0 aromatic heterocycles. The second kappa shape index (κ2) is 8.64. The van der Waals surface area contributed by atoms with Crippen molar-refractivity contribution in [3.63, 3.8) is 0 Å². The quantitative estimate of drug-likeness (QED) is 0.631. The number of rotatable bonds is 2. The summed E-state index contributed by atoms with van der Waals surface area (Å²) in [7, 11) is 4.15. The molecule has 0 bridgehead atoms. The Morgan fingerprint density at radius 2 is 1.67 bits per heavy atom. The molecule has 9 heavy (non-hydrogen) atoms. The van der Waals surface area contributed by atoms with Crippen LogP contribution in [0.5, 0.6) is 0 Å². The molecule has 2 nitrogen and oxygen atoms in total. The SMILES string of the molecule is C[C-](C)CN(C)C.[O]=[Zr]. The van der Waals surface area contributed by atoms with Crippen molar-refractivity contribution in [2.24, 2.45) is 0 Å². The Morgan fingerprint density at radius 3 is 1.67 bits per heavy atom. The van der Waals surface area contributed by atoms with Gasteiger partial charge in [0.15, 0.2) is 0 Å². The van der Waals surface area contributed by atoms with E-state index in [1.807, 2.05) is 0 Å². The van der Waals surface area contributed by atoms with Crippen molar-refractivity contribution in [3.8, 4) is 0 Å². The van der Waals surface area contributed by atoms with Gasteiger partial charge in [-0.15, -0.1) is 6.54 Å². The first-order valence-corrected chi connectivity index (χ1v) is 3.77. The van der Waals surface area contributed by atoms with E-state index in [9.17, 15) is 0 Å². The molecule has 0 amide bonds. The molecule has 0 saturated heterocycles. The minimum atomic E-state index is 0.300. The van der Waals surface area contributed by atoms with Gasteiger partial charge < -0.3 is 10.8 Å². The van der Waals surface area contributed by atoms with E-state index in [-0.39, 0.29) is 0 Å². The maximum atomic E-state index is 8.34. The van der Waals surface area contributed by atoms with E-state index in [4.69, 9.17) is 2.81 Å². The van der Waals surface area contributed by atoms with Gasteiger partial charge in [-0.2, -0.15) is 13.8 Å². The van der Waals surface area contributed by atoms with Crippen LogP contribution in [0.4, 0.5) is 0 Å². The molecule has 0 aliphatic heterocycles. The molecule has 54 valence electrons. The van der Waals surface area contributed by atoms with Crippen molar-refractivity contribution in [3.05, 3.63) is 5.92 Å². The summed E-state index contributed by atoms with van der Waals surface area (Å²) in [5.41, 5.74) is 0. The molecular formula is C6H14NOZr-. The van der Waals surface area contributed by atoms with Gasteiger partial charge in [-0.05, 0) is 14.1 Å². The maximum absolute atomic E-state index is 8.34. The summed E-state index contributed by atoms with van der Waals surface area (Å²) in [5, 5.41) is 0. The van der Waals surface area contributed by atoms with Crippen LogP contribution in [-0.2, 0) is 27.5 Å². The first-order chi connectivity index (χ1) is 4.13. The Bertz CT molecular complexity index is 51.0. The van der Waals surface area contributed by atoms with Crippen LogP contribution in [0, 0.1) is 5.92 Å². The van der Waals surface area contributed by atoms with Gasteiger partial charge in [-0.3, -0.25) is 0 Å². The van der Waals surface area contributed by atoms with Gasteiger partial charge in [0.25, 0.3) is 0 Å². The van der Waals surface area contributed by atoms with E-state index in [0.29, 0.717) is 24.7 Å². The Morgan fingerprint density at radius 1 is 1.33 bits per heavy atom. The monoisotopic (exact) mass is 206 g/mol. The third kappa shape index (κ3) is 17.7. The molecule has 0 aliphatic carbocycles. The van der Waals surface area contributed by atoms with Crippen molar-refractivity contribution in [2.45, 2.75) is 13.8 Å². The van der Waals surface area contributed by atoms with Crippen LogP contribution < -0.4 is 0 Å². The molecule has 0 unspecified atom stereocenters. The summed E-state index contributed by atoms with van der Waals surface area (Å²) in [6.45, 7) is 5.39. The molecule has 0 fully saturated rings. The topological polar surface area (TPSA) is 20.3 Å². The van der Waals surface area contributed by atoms with Gasteiger partial charge in [-0.1, -0.05) is 0 Å². The van der Waals surface area contributed by atoms with Crippen LogP contribution in [-0.4, -0.2) is 25.5 Å². The van der Waals surface area contributed by atoms with Crippen molar-refractivity contribution < 1.29 is 27.5 Å². The molecule has 0 spiro atoms. The van der Waals surface area contributed by atoms with Gasteiger partial charge in [0.05, 0.1) is 0 Å². The molecule has 0 aromatic carbocycles. The summed E-state index contributed by atoms with van der Waals surface area (Å²) in [4.78, 5) is 2.16. The molecule has 0 aromatic rings. The average Bonchev–Trinajstić information content (AvgIpc) is 1.68. The molecule has 0 rings (SSSR count). The molecule has 0 heterocycles. The van der Waals surface area contributed by atoms with E-state index in [1.54, 1.807) is 0 Å². The van der Waals surface area contributed by atoms with Crippen LogP contribution >= 0.6 is 0 Å². The Balaban J connectivity index is 0.